The van der Waals surface area contributed by atoms with Crippen LogP contribution < -0.4 is 0 Å². The molecular weight excluding hydrogens is 248 g/mol. The van der Waals surface area contributed by atoms with Crippen LogP contribution >= 0.6 is 47.9 Å². The number of thioether (sulfide) groups is 1. The van der Waals surface area contributed by atoms with Gasteiger partial charge in [0.25, 0.3) is 0 Å². The highest BCUT2D eigenvalue weighted by Gasteiger charge is 2.18. The van der Waals surface area contributed by atoms with Crippen molar-refractivity contribution in [2.24, 2.45) is 0 Å². The van der Waals surface area contributed by atoms with Crippen LogP contribution in [0.25, 0.3) is 0 Å². The molecule has 0 aromatic heterocycles. The molecule has 4 heteroatoms. The number of rotatable bonds is 6. The summed E-state index contributed by atoms with van der Waals surface area (Å²) in [5, 5.41) is 0.960. The van der Waals surface area contributed by atoms with Gasteiger partial charge in [-0.05, 0) is 48.0 Å². The van der Waals surface area contributed by atoms with E-state index < -0.39 is 0 Å². The molecule has 1 saturated heterocycles. The second-order valence-corrected chi connectivity index (χ2v) is 8.64. The Morgan fingerprint density at radius 2 is 2.00 bits per heavy atom. The maximum Gasteiger partial charge on any atom is 0.0122 e. The lowest BCUT2D eigenvalue weighted by molar-refractivity contribution is 0.797. The summed E-state index contributed by atoms with van der Waals surface area (Å²) in [6.07, 6.45) is 4.03. The van der Waals surface area contributed by atoms with Crippen molar-refractivity contribution in [2.75, 3.05) is 34.5 Å². The average molecular weight is 271 g/mol. The normalized spacial score (nSPS) is 30.4. The topological polar surface area (TPSA) is 0 Å². The van der Waals surface area contributed by atoms with Crippen LogP contribution in [-0.2, 0) is 0 Å². The van der Waals surface area contributed by atoms with Crippen molar-refractivity contribution in [3.8, 4) is 0 Å². The van der Waals surface area contributed by atoms with Crippen LogP contribution in [0.1, 0.15) is 19.3 Å². The molecule has 0 radical (unpaired) electrons. The maximum atomic E-state index is 4.29. The molecule has 2 atom stereocenters. The molecule has 0 spiro atoms. The molecule has 0 aliphatic carbocycles. The van der Waals surface area contributed by atoms with Crippen molar-refractivity contribution < 1.29 is 0 Å². The third-order valence-electron chi connectivity index (χ3n) is 2.54. The zero-order valence-electron chi connectivity index (χ0n) is 8.69. The Morgan fingerprint density at radius 3 is 2.71 bits per heavy atom. The van der Waals surface area contributed by atoms with Gasteiger partial charge in [0, 0.05) is 11.0 Å². The van der Waals surface area contributed by atoms with Crippen molar-refractivity contribution in [3.05, 3.63) is 0 Å². The number of hydrogen-bond acceptors (Lipinski definition) is 3. The second kappa shape index (κ2) is 8.54. The van der Waals surface area contributed by atoms with Gasteiger partial charge in [-0.1, -0.05) is 0 Å². The van der Waals surface area contributed by atoms with Crippen molar-refractivity contribution in [1.29, 1.82) is 0 Å². The molecule has 0 N–H and O–H groups in total. The Hall–Kier alpha value is 1.40. The molecule has 1 aliphatic heterocycles. The fraction of sp³-hybridized carbons (Fsp3) is 1.00. The summed E-state index contributed by atoms with van der Waals surface area (Å²) in [5.41, 5.74) is 0. The van der Waals surface area contributed by atoms with Gasteiger partial charge in [-0.3, -0.25) is 10.9 Å². The van der Waals surface area contributed by atoms with Gasteiger partial charge in [0.2, 0.25) is 0 Å². The van der Waals surface area contributed by atoms with Crippen LogP contribution in [0.15, 0.2) is 0 Å². The summed E-state index contributed by atoms with van der Waals surface area (Å²) in [6, 6.07) is 0. The minimum absolute atomic E-state index is 0.372. The third-order valence-corrected chi connectivity index (χ3v) is 7.80. The standard InChI is InChI=1S/C10H22S4/c11-4-1-3-10-9-14(7-2-5-12)8-6-13-10/h10-12,14H,1-9H2. The zero-order chi connectivity index (χ0) is 10.2. The number of hydrogen-bond donors (Lipinski definition) is 3. The molecule has 2 unspecified atom stereocenters. The highest BCUT2D eigenvalue weighted by atomic mass is 32.2. The van der Waals surface area contributed by atoms with E-state index in [1.807, 2.05) is 0 Å². The smallest absolute Gasteiger partial charge is 0.0122 e. The van der Waals surface area contributed by atoms with E-state index in [1.165, 1.54) is 42.3 Å². The molecule has 0 nitrogen and oxygen atoms in total. The first-order valence-corrected chi connectivity index (χ1v) is 9.63. The fourth-order valence-corrected chi connectivity index (χ4v) is 7.49. The summed E-state index contributed by atoms with van der Waals surface area (Å²) in [7, 11) is 0.372. The maximum absolute atomic E-state index is 4.29. The number of thiol groups is 3. The Labute approximate surface area is 107 Å². The van der Waals surface area contributed by atoms with E-state index in [0.717, 1.165) is 16.8 Å². The molecule has 0 amide bonds. The van der Waals surface area contributed by atoms with Crippen LogP contribution in [-0.4, -0.2) is 39.8 Å². The second-order valence-electron chi connectivity index (χ2n) is 3.74. The highest BCUT2D eigenvalue weighted by Crippen LogP contribution is 2.38. The van der Waals surface area contributed by atoms with Gasteiger partial charge < -0.3 is 0 Å². The third kappa shape index (κ3) is 5.47. The summed E-state index contributed by atoms with van der Waals surface area (Å²) >= 11 is 10.8. The molecule has 1 rings (SSSR count). The zero-order valence-corrected chi connectivity index (χ0v) is 12.2. The molecule has 0 aromatic rings. The largest absolute Gasteiger partial charge is 0.252 e. The first kappa shape index (κ1) is 13.5. The van der Waals surface area contributed by atoms with E-state index >= 15 is 0 Å². The first-order valence-electron chi connectivity index (χ1n) is 5.42. The van der Waals surface area contributed by atoms with Gasteiger partial charge in [0.15, 0.2) is 0 Å². The van der Waals surface area contributed by atoms with E-state index in [0.29, 0.717) is 10.9 Å². The van der Waals surface area contributed by atoms with Gasteiger partial charge in [0.1, 0.15) is 0 Å². The van der Waals surface area contributed by atoms with Gasteiger partial charge in [-0.15, -0.1) is 0 Å². The monoisotopic (exact) mass is 270 g/mol. The Balaban J connectivity index is 2.14. The Bertz CT molecular complexity index is 126. The summed E-state index contributed by atoms with van der Waals surface area (Å²) in [4.78, 5) is 0. The Kier molecular flexibility index (Phi) is 8.21. The van der Waals surface area contributed by atoms with Gasteiger partial charge in [-0.2, -0.15) is 37.0 Å². The van der Waals surface area contributed by atoms with E-state index in [2.05, 4.69) is 37.0 Å². The lowest BCUT2D eigenvalue weighted by atomic mass is 10.3. The molecule has 1 aliphatic rings. The molecule has 1 heterocycles. The van der Waals surface area contributed by atoms with Gasteiger partial charge in [0.05, 0.1) is 0 Å². The molecule has 0 aromatic carbocycles. The summed E-state index contributed by atoms with van der Waals surface area (Å²) < 4.78 is 0. The molecule has 0 bridgehead atoms. The Morgan fingerprint density at radius 1 is 1.21 bits per heavy atom. The molecule has 0 saturated carbocycles. The van der Waals surface area contributed by atoms with E-state index in [4.69, 9.17) is 0 Å². The summed E-state index contributed by atoms with van der Waals surface area (Å²) in [6.45, 7) is 0. The van der Waals surface area contributed by atoms with Crippen molar-refractivity contribution in [3.63, 3.8) is 0 Å². The van der Waals surface area contributed by atoms with Gasteiger partial charge >= 0.3 is 0 Å². The fourth-order valence-electron chi connectivity index (χ4n) is 1.77. The molecular formula is C10H22S4. The quantitative estimate of drug-likeness (QED) is 0.623. The van der Waals surface area contributed by atoms with Crippen LogP contribution in [0.4, 0.5) is 0 Å². The van der Waals surface area contributed by atoms with Crippen molar-refractivity contribution >= 4 is 47.9 Å². The van der Waals surface area contributed by atoms with Crippen LogP contribution in [0, 0.1) is 0 Å². The van der Waals surface area contributed by atoms with Gasteiger partial charge in [-0.25, -0.2) is 0 Å². The molecule has 1 fully saturated rings. The minimum atomic E-state index is 0.372. The summed E-state index contributed by atoms with van der Waals surface area (Å²) in [5.74, 6) is 8.04. The van der Waals surface area contributed by atoms with Crippen molar-refractivity contribution in [2.45, 2.75) is 24.5 Å². The van der Waals surface area contributed by atoms with E-state index in [9.17, 15) is 0 Å². The SMILES string of the molecule is SCCCC1C[SH](CCCS)CCS1. The van der Waals surface area contributed by atoms with Crippen LogP contribution in [0.5, 0.6) is 0 Å². The predicted octanol–water partition coefficient (Wildman–Crippen LogP) is 3.13. The van der Waals surface area contributed by atoms with E-state index in [-0.39, 0.29) is 0 Å². The first-order chi connectivity index (χ1) is 6.86. The average Bonchev–Trinajstić information content (AvgIpc) is 2.24. The highest BCUT2D eigenvalue weighted by molar-refractivity contribution is 8.19. The lowest BCUT2D eigenvalue weighted by Gasteiger charge is -2.32. The van der Waals surface area contributed by atoms with Crippen molar-refractivity contribution in [1.82, 2.24) is 0 Å². The minimum Gasteiger partial charge on any atom is -0.252 e. The molecule has 86 valence electrons. The molecule has 14 heavy (non-hydrogen) atoms. The van der Waals surface area contributed by atoms with Crippen LogP contribution in [0.3, 0.4) is 0 Å². The lowest BCUT2D eigenvalue weighted by Crippen LogP contribution is -2.20. The van der Waals surface area contributed by atoms with Crippen LogP contribution in [0.2, 0.25) is 0 Å². The van der Waals surface area contributed by atoms with E-state index in [1.54, 1.807) is 0 Å². The predicted molar refractivity (Wildman–Crippen MR) is 81.4 cm³/mol.